The van der Waals surface area contributed by atoms with Gasteiger partial charge in [-0.05, 0) is 62.7 Å². The van der Waals surface area contributed by atoms with E-state index in [-0.39, 0.29) is 0 Å². The van der Waals surface area contributed by atoms with E-state index >= 15 is 0 Å². The van der Waals surface area contributed by atoms with Gasteiger partial charge < -0.3 is 18.5 Å². The average molecular weight is 369 g/mol. The van der Waals surface area contributed by atoms with Crippen molar-refractivity contribution in [2.45, 2.75) is 25.3 Å². The van der Waals surface area contributed by atoms with Gasteiger partial charge >= 0.3 is 8.60 Å². The topological polar surface area (TPSA) is 30.9 Å². The van der Waals surface area contributed by atoms with Crippen LogP contribution in [0.2, 0.25) is 0 Å². The molecule has 1 aliphatic carbocycles. The van der Waals surface area contributed by atoms with Crippen LogP contribution in [0.4, 0.5) is 0 Å². The van der Waals surface area contributed by atoms with Gasteiger partial charge in [-0.15, -0.1) is 0 Å². The van der Waals surface area contributed by atoms with Crippen LogP contribution >= 0.6 is 8.60 Å². The molecule has 2 aliphatic rings. The van der Waals surface area contributed by atoms with Gasteiger partial charge in [-0.25, -0.2) is 0 Å². The Balaban J connectivity index is 1.47. The van der Waals surface area contributed by atoms with E-state index in [1.165, 1.54) is 13.0 Å². The molecule has 0 N–H and O–H groups in total. The number of benzene rings is 2. The summed E-state index contributed by atoms with van der Waals surface area (Å²) in [5, 5.41) is 0. The molecule has 0 amide bonds. The van der Waals surface area contributed by atoms with Crippen molar-refractivity contribution >= 4 is 8.60 Å². The van der Waals surface area contributed by atoms with E-state index in [0.29, 0.717) is 6.04 Å². The molecule has 0 saturated carbocycles. The zero-order valence-electron chi connectivity index (χ0n) is 15.0. The fourth-order valence-corrected chi connectivity index (χ4v) is 4.66. The van der Waals surface area contributed by atoms with Crippen LogP contribution in [0.1, 0.15) is 19.3 Å². The largest absolute Gasteiger partial charge is 0.529 e. The first-order chi connectivity index (χ1) is 12.8. The Labute approximate surface area is 156 Å². The summed E-state index contributed by atoms with van der Waals surface area (Å²) in [5.41, 5.74) is 0. The highest BCUT2D eigenvalue weighted by molar-refractivity contribution is 7.42. The summed E-state index contributed by atoms with van der Waals surface area (Å²) in [6.45, 7) is 1.17. The summed E-state index contributed by atoms with van der Waals surface area (Å²) in [7, 11) is 0.651. The van der Waals surface area contributed by atoms with Crippen LogP contribution in [0.3, 0.4) is 0 Å². The molecule has 0 aromatic heterocycles. The van der Waals surface area contributed by atoms with Crippen molar-refractivity contribution in [3.05, 3.63) is 72.5 Å². The van der Waals surface area contributed by atoms with E-state index in [2.05, 4.69) is 18.0 Å². The number of likely N-dealkylation sites (tertiary alicyclic amines) is 1. The molecule has 1 saturated heterocycles. The van der Waals surface area contributed by atoms with Crippen molar-refractivity contribution in [2.75, 3.05) is 13.6 Å². The Kier molecular flexibility index (Phi) is 5.42. The minimum atomic E-state index is -1.56. The van der Waals surface area contributed by atoms with Gasteiger partial charge in [-0.2, -0.15) is 0 Å². The van der Waals surface area contributed by atoms with Crippen molar-refractivity contribution in [3.63, 3.8) is 0 Å². The van der Waals surface area contributed by atoms with E-state index < -0.39 is 8.60 Å². The maximum absolute atomic E-state index is 6.21. The normalized spacial score (nSPS) is 22.6. The van der Waals surface area contributed by atoms with Crippen molar-refractivity contribution in [1.29, 1.82) is 0 Å². The Morgan fingerprint density at radius 1 is 0.885 bits per heavy atom. The standard InChI is InChI=1S/C21H24NO3P/c1-22-15-14-17-12-13-20(16-21(17)22)25-26(23-18-8-4-2-5-9-18)24-19-10-6-3-7-11-19/h2-11,13,17,21H,12,14-16H2,1H3. The van der Waals surface area contributed by atoms with Gasteiger partial charge in [0.05, 0.1) is 0 Å². The average Bonchev–Trinajstić information content (AvgIpc) is 3.04. The summed E-state index contributed by atoms with van der Waals surface area (Å²) < 4.78 is 18.3. The zero-order chi connectivity index (χ0) is 17.8. The second-order valence-corrected chi connectivity index (χ2v) is 7.83. The molecule has 1 heterocycles. The maximum atomic E-state index is 6.21. The third-order valence-corrected chi connectivity index (χ3v) is 6.16. The SMILES string of the molecule is CN1CCC2CC=C(OP(Oc3ccccc3)Oc3ccccc3)CC21. The zero-order valence-corrected chi connectivity index (χ0v) is 15.8. The number of allylic oxidation sites excluding steroid dienone is 1. The van der Waals surface area contributed by atoms with Crippen LogP contribution in [-0.4, -0.2) is 24.5 Å². The Morgan fingerprint density at radius 3 is 2.12 bits per heavy atom. The van der Waals surface area contributed by atoms with Crippen molar-refractivity contribution < 1.29 is 13.6 Å². The first-order valence-electron chi connectivity index (χ1n) is 9.11. The second-order valence-electron chi connectivity index (χ2n) is 6.83. The van der Waals surface area contributed by atoms with Gasteiger partial charge in [-0.3, -0.25) is 0 Å². The van der Waals surface area contributed by atoms with E-state index in [4.69, 9.17) is 13.6 Å². The minimum absolute atomic E-state index is 0.570. The van der Waals surface area contributed by atoms with E-state index in [0.717, 1.165) is 36.0 Å². The molecular formula is C21H24NO3P. The molecular weight excluding hydrogens is 345 g/mol. The van der Waals surface area contributed by atoms with Gasteiger partial charge in [0.2, 0.25) is 0 Å². The number of hydrogen-bond donors (Lipinski definition) is 0. The van der Waals surface area contributed by atoms with Crippen molar-refractivity contribution in [1.82, 2.24) is 4.90 Å². The number of para-hydroxylation sites is 2. The fourth-order valence-electron chi connectivity index (χ4n) is 3.62. The molecule has 136 valence electrons. The van der Waals surface area contributed by atoms with Crippen LogP contribution in [0.5, 0.6) is 11.5 Å². The predicted octanol–water partition coefficient (Wildman–Crippen LogP) is 5.39. The van der Waals surface area contributed by atoms with E-state index in [1.54, 1.807) is 0 Å². The molecule has 0 spiro atoms. The number of fused-ring (bicyclic) bond motifs is 1. The van der Waals surface area contributed by atoms with Crippen molar-refractivity contribution in [3.8, 4) is 11.5 Å². The highest BCUT2D eigenvalue weighted by Crippen LogP contribution is 2.46. The number of hydrogen-bond acceptors (Lipinski definition) is 4. The highest BCUT2D eigenvalue weighted by atomic mass is 31.2. The smallest absolute Gasteiger partial charge is 0.413 e. The number of nitrogens with zero attached hydrogens (tertiary/aromatic N) is 1. The molecule has 0 bridgehead atoms. The minimum Gasteiger partial charge on any atom is -0.413 e. The van der Waals surface area contributed by atoms with Crippen LogP contribution < -0.4 is 9.05 Å². The third kappa shape index (κ3) is 4.20. The van der Waals surface area contributed by atoms with E-state index in [1.807, 2.05) is 60.7 Å². The lowest BCUT2D eigenvalue weighted by Crippen LogP contribution is -2.31. The van der Waals surface area contributed by atoms with Crippen molar-refractivity contribution in [2.24, 2.45) is 5.92 Å². The molecule has 1 fully saturated rings. The molecule has 2 unspecified atom stereocenters. The van der Waals surface area contributed by atoms with Crippen LogP contribution in [0.15, 0.2) is 72.5 Å². The Bertz CT molecular complexity index is 696. The highest BCUT2D eigenvalue weighted by Gasteiger charge is 2.36. The van der Waals surface area contributed by atoms with Crippen LogP contribution in [0, 0.1) is 5.92 Å². The second kappa shape index (κ2) is 8.11. The molecule has 2 aromatic carbocycles. The lowest BCUT2D eigenvalue weighted by atomic mass is 9.89. The van der Waals surface area contributed by atoms with Crippen LogP contribution in [0.25, 0.3) is 0 Å². The summed E-state index contributed by atoms with van der Waals surface area (Å²) in [6, 6.07) is 20.0. The first-order valence-corrected chi connectivity index (χ1v) is 10.2. The Hall–Kier alpha value is -2.03. The maximum Gasteiger partial charge on any atom is 0.529 e. The first kappa shape index (κ1) is 17.4. The third-order valence-electron chi connectivity index (χ3n) is 5.06. The van der Waals surface area contributed by atoms with Gasteiger partial charge in [-0.1, -0.05) is 36.4 Å². The van der Waals surface area contributed by atoms with Gasteiger partial charge in [0.15, 0.2) is 0 Å². The van der Waals surface area contributed by atoms with Gasteiger partial charge in [0, 0.05) is 12.5 Å². The molecule has 4 rings (SSSR count). The monoisotopic (exact) mass is 369 g/mol. The predicted molar refractivity (Wildman–Crippen MR) is 104 cm³/mol. The molecule has 2 atom stereocenters. The Morgan fingerprint density at radius 2 is 1.50 bits per heavy atom. The summed E-state index contributed by atoms with van der Waals surface area (Å²) in [6.07, 6.45) is 5.50. The molecule has 26 heavy (non-hydrogen) atoms. The number of rotatable bonds is 6. The summed E-state index contributed by atoms with van der Waals surface area (Å²) in [4.78, 5) is 2.44. The lowest BCUT2D eigenvalue weighted by molar-refractivity contribution is 0.222. The summed E-state index contributed by atoms with van der Waals surface area (Å²) >= 11 is 0. The molecule has 5 heteroatoms. The molecule has 2 aromatic rings. The fraction of sp³-hybridized carbons (Fsp3) is 0.333. The van der Waals surface area contributed by atoms with Gasteiger partial charge in [0.1, 0.15) is 17.3 Å². The molecule has 4 nitrogen and oxygen atoms in total. The summed E-state index contributed by atoms with van der Waals surface area (Å²) in [5.74, 6) is 3.24. The quantitative estimate of drug-likeness (QED) is 0.639. The molecule has 0 radical (unpaired) electrons. The molecule has 1 aliphatic heterocycles. The van der Waals surface area contributed by atoms with Gasteiger partial charge in [0.25, 0.3) is 0 Å². The lowest BCUT2D eigenvalue weighted by Gasteiger charge is -2.30. The van der Waals surface area contributed by atoms with Crippen LogP contribution in [-0.2, 0) is 4.52 Å². The van der Waals surface area contributed by atoms with E-state index in [9.17, 15) is 0 Å².